The van der Waals surface area contributed by atoms with E-state index >= 15 is 0 Å². The quantitative estimate of drug-likeness (QED) is 0.783. The predicted molar refractivity (Wildman–Crippen MR) is 73.4 cm³/mol. The molecule has 1 aromatic rings. The third kappa shape index (κ3) is 4.49. The van der Waals surface area contributed by atoms with Crippen molar-refractivity contribution in [3.8, 4) is 0 Å². The molecule has 0 amide bonds. The molecular weight excluding hydrogens is 210 g/mol. The minimum absolute atomic E-state index is 0.291. The molecule has 0 aliphatic heterocycles. The van der Waals surface area contributed by atoms with E-state index in [0.717, 1.165) is 13.0 Å². The Hall–Kier alpha value is -0.860. The molecule has 0 radical (unpaired) electrons. The van der Waals surface area contributed by atoms with E-state index < -0.39 is 0 Å². The second-order valence-corrected chi connectivity index (χ2v) is 4.70. The summed E-state index contributed by atoms with van der Waals surface area (Å²) in [5.41, 5.74) is 1.39. The lowest BCUT2D eigenvalue weighted by Crippen LogP contribution is -2.37. The molecule has 2 nitrogen and oxygen atoms in total. The summed E-state index contributed by atoms with van der Waals surface area (Å²) in [6.07, 6.45) is 1.41. The highest BCUT2D eigenvalue weighted by Gasteiger charge is 2.20. The van der Waals surface area contributed by atoms with Crippen LogP contribution in [-0.4, -0.2) is 25.8 Å². The first kappa shape index (κ1) is 14.2. The lowest BCUT2D eigenvalue weighted by Gasteiger charge is -2.27. The zero-order valence-electron chi connectivity index (χ0n) is 11.4. The third-order valence-corrected chi connectivity index (χ3v) is 3.13. The van der Waals surface area contributed by atoms with Gasteiger partial charge in [0, 0.05) is 12.0 Å². The third-order valence-electron chi connectivity index (χ3n) is 3.13. The molecule has 17 heavy (non-hydrogen) atoms. The fourth-order valence-electron chi connectivity index (χ4n) is 2.15. The van der Waals surface area contributed by atoms with E-state index in [2.05, 4.69) is 56.4 Å². The van der Waals surface area contributed by atoms with Gasteiger partial charge in [0.05, 0.1) is 12.7 Å². The van der Waals surface area contributed by atoms with Gasteiger partial charge in [-0.05, 0) is 32.9 Å². The zero-order chi connectivity index (χ0) is 12.7. The van der Waals surface area contributed by atoms with E-state index in [-0.39, 0.29) is 0 Å². The first-order chi connectivity index (χ1) is 8.19. The molecule has 0 heterocycles. The zero-order valence-corrected chi connectivity index (χ0v) is 11.4. The molecule has 1 aromatic carbocycles. The van der Waals surface area contributed by atoms with Crippen molar-refractivity contribution in [3.05, 3.63) is 35.9 Å². The van der Waals surface area contributed by atoms with Crippen molar-refractivity contribution >= 4 is 0 Å². The normalized spacial score (nSPS) is 14.9. The van der Waals surface area contributed by atoms with Crippen molar-refractivity contribution in [1.82, 2.24) is 5.32 Å². The SMILES string of the molecule is CCC(c1ccccc1)C(COC(C)C)NC. The molecule has 0 saturated carbocycles. The maximum atomic E-state index is 5.74. The molecule has 0 spiro atoms. The Morgan fingerprint density at radius 2 is 1.82 bits per heavy atom. The monoisotopic (exact) mass is 235 g/mol. The van der Waals surface area contributed by atoms with E-state index in [1.54, 1.807) is 0 Å². The van der Waals surface area contributed by atoms with Crippen molar-refractivity contribution in [1.29, 1.82) is 0 Å². The molecule has 0 saturated heterocycles. The second-order valence-electron chi connectivity index (χ2n) is 4.70. The summed E-state index contributed by atoms with van der Waals surface area (Å²) in [7, 11) is 2.01. The van der Waals surface area contributed by atoms with Gasteiger partial charge in [0.2, 0.25) is 0 Å². The number of hydrogen-bond acceptors (Lipinski definition) is 2. The van der Waals surface area contributed by atoms with E-state index in [1.165, 1.54) is 5.56 Å². The van der Waals surface area contributed by atoms with Crippen LogP contribution in [0.1, 0.15) is 38.7 Å². The van der Waals surface area contributed by atoms with Gasteiger partial charge in [0.1, 0.15) is 0 Å². The summed E-state index contributed by atoms with van der Waals surface area (Å²) in [4.78, 5) is 0. The van der Waals surface area contributed by atoms with Crippen LogP contribution in [0, 0.1) is 0 Å². The molecular formula is C15H25NO. The summed E-state index contributed by atoms with van der Waals surface area (Å²) in [6.45, 7) is 7.16. The van der Waals surface area contributed by atoms with Crippen molar-refractivity contribution in [2.45, 2.75) is 45.3 Å². The summed E-state index contributed by atoms with van der Waals surface area (Å²) in [6, 6.07) is 11.1. The lowest BCUT2D eigenvalue weighted by molar-refractivity contribution is 0.0568. The summed E-state index contributed by atoms with van der Waals surface area (Å²) in [5.74, 6) is 0.514. The molecule has 0 aliphatic carbocycles. The molecule has 2 unspecified atom stereocenters. The standard InChI is InChI=1S/C15H25NO/c1-5-14(13-9-7-6-8-10-13)15(16-4)11-17-12(2)3/h6-10,12,14-16H,5,11H2,1-4H3. The minimum atomic E-state index is 0.291. The largest absolute Gasteiger partial charge is 0.377 e. The first-order valence-electron chi connectivity index (χ1n) is 6.52. The number of nitrogens with one attached hydrogen (secondary N) is 1. The first-order valence-corrected chi connectivity index (χ1v) is 6.52. The highest BCUT2D eigenvalue weighted by molar-refractivity contribution is 5.21. The van der Waals surface area contributed by atoms with Crippen molar-refractivity contribution in [3.63, 3.8) is 0 Å². The van der Waals surface area contributed by atoms with Gasteiger partial charge in [0.15, 0.2) is 0 Å². The van der Waals surface area contributed by atoms with Gasteiger partial charge in [-0.2, -0.15) is 0 Å². The molecule has 0 fully saturated rings. The Morgan fingerprint density at radius 3 is 2.29 bits per heavy atom. The van der Waals surface area contributed by atoms with Crippen LogP contribution in [0.4, 0.5) is 0 Å². The van der Waals surface area contributed by atoms with Crippen LogP contribution < -0.4 is 5.32 Å². The maximum absolute atomic E-state index is 5.74. The number of hydrogen-bond donors (Lipinski definition) is 1. The van der Waals surface area contributed by atoms with Gasteiger partial charge in [-0.25, -0.2) is 0 Å². The molecule has 0 aromatic heterocycles. The van der Waals surface area contributed by atoms with Crippen LogP contribution in [-0.2, 0) is 4.74 Å². The van der Waals surface area contributed by atoms with Crippen LogP contribution in [0.25, 0.3) is 0 Å². The van der Waals surface area contributed by atoms with Crippen molar-refractivity contribution < 1.29 is 4.74 Å². The number of rotatable bonds is 7. The van der Waals surface area contributed by atoms with Crippen LogP contribution in [0.5, 0.6) is 0 Å². The Kier molecular flexibility index (Phi) is 6.23. The molecule has 96 valence electrons. The van der Waals surface area contributed by atoms with Gasteiger partial charge in [-0.15, -0.1) is 0 Å². The van der Waals surface area contributed by atoms with Gasteiger partial charge in [-0.1, -0.05) is 37.3 Å². The van der Waals surface area contributed by atoms with E-state index in [0.29, 0.717) is 18.1 Å². The average Bonchev–Trinajstić information content (AvgIpc) is 2.35. The molecule has 2 atom stereocenters. The lowest BCUT2D eigenvalue weighted by atomic mass is 9.89. The number of likely N-dealkylation sites (N-methyl/N-ethyl adjacent to an activating group) is 1. The van der Waals surface area contributed by atoms with E-state index in [1.807, 2.05) is 7.05 Å². The molecule has 2 heteroatoms. The van der Waals surface area contributed by atoms with Crippen LogP contribution in [0.3, 0.4) is 0 Å². The number of ether oxygens (including phenoxy) is 1. The topological polar surface area (TPSA) is 21.3 Å². The van der Waals surface area contributed by atoms with Gasteiger partial charge >= 0.3 is 0 Å². The highest BCUT2D eigenvalue weighted by atomic mass is 16.5. The van der Waals surface area contributed by atoms with E-state index in [9.17, 15) is 0 Å². The Labute approximate surface area is 105 Å². The van der Waals surface area contributed by atoms with Crippen molar-refractivity contribution in [2.24, 2.45) is 0 Å². The van der Waals surface area contributed by atoms with Crippen LogP contribution in [0.15, 0.2) is 30.3 Å². The molecule has 0 aliphatic rings. The summed E-state index contributed by atoms with van der Waals surface area (Å²) in [5, 5.41) is 3.38. The molecule has 1 N–H and O–H groups in total. The fraction of sp³-hybridized carbons (Fsp3) is 0.600. The van der Waals surface area contributed by atoms with Gasteiger partial charge < -0.3 is 10.1 Å². The number of benzene rings is 1. The van der Waals surface area contributed by atoms with Gasteiger partial charge in [-0.3, -0.25) is 0 Å². The summed E-state index contributed by atoms with van der Waals surface area (Å²) >= 11 is 0. The Bertz CT molecular complexity index is 297. The Balaban J connectivity index is 2.70. The maximum Gasteiger partial charge on any atom is 0.0628 e. The van der Waals surface area contributed by atoms with Crippen molar-refractivity contribution in [2.75, 3.05) is 13.7 Å². The average molecular weight is 235 g/mol. The minimum Gasteiger partial charge on any atom is -0.377 e. The molecule has 1 rings (SSSR count). The predicted octanol–water partition coefficient (Wildman–Crippen LogP) is 3.19. The summed E-state index contributed by atoms with van der Waals surface area (Å²) < 4.78 is 5.74. The fourth-order valence-corrected chi connectivity index (χ4v) is 2.15. The second kappa shape index (κ2) is 7.46. The van der Waals surface area contributed by atoms with Crippen LogP contribution >= 0.6 is 0 Å². The smallest absolute Gasteiger partial charge is 0.0628 e. The Morgan fingerprint density at radius 1 is 1.18 bits per heavy atom. The van der Waals surface area contributed by atoms with Gasteiger partial charge in [0.25, 0.3) is 0 Å². The molecule has 0 bridgehead atoms. The van der Waals surface area contributed by atoms with E-state index in [4.69, 9.17) is 4.74 Å². The van der Waals surface area contributed by atoms with Crippen LogP contribution in [0.2, 0.25) is 0 Å². The highest BCUT2D eigenvalue weighted by Crippen LogP contribution is 2.23.